The van der Waals surface area contributed by atoms with Crippen LogP contribution in [0.1, 0.15) is 5.56 Å². The summed E-state index contributed by atoms with van der Waals surface area (Å²) in [4.78, 5) is 3.18. The molecule has 1 unspecified atom stereocenters. The van der Waals surface area contributed by atoms with Gasteiger partial charge in [-0.05, 0) is 23.3 Å². The van der Waals surface area contributed by atoms with Crippen molar-refractivity contribution in [3.63, 3.8) is 0 Å². The standard InChI is InChI=1S/C12H10BrN3/c13-9-6-4-8(5-7-9)10-2-1-3-11(16-15)12(10)14/h1-7,12H,14H2. The van der Waals surface area contributed by atoms with Crippen molar-refractivity contribution in [1.29, 1.82) is 0 Å². The molecule has 1 aliphatic carbocycles. The van der Waals surface area contributed by atoms with Crippen LogP contribution in [-0.2, 0) is 0 Å². The van der Waals surface area contributed by atoms with Crippen LogP contribution in [0.2, 0.25) is 0 Å². The molecular weight excluding hydrogens is 266 g/mol. The van der Waals surface area contributed by atoms with Crippen molar-refractivity contribution in [1.82, 2.24) is 0 Å². The number of allylic oxidation sites excluding steroid dienone is 2. The first-order valence-electron chi connectivity index (χ1n) is 4.84. The molecule has 0 fully saturated rings. The number of hydrogen-bond donors (Lipinski definition) is 1. The summed E-state index contributed by atoms with van der Waals surface area (Å²) in [6.45, 7) is 0. The zero-order valence-corrected chi connectivity index (χ0v) is 10.1. The molecule has 0 aliphatic heterocycles. The Morgan fingerprint density at radius 2 is 1.94 bits per heavy atom. The number of nitrogens with zero attached hydrogens (tertiary/aromatic N) is 2. The van der Waals surface area contributed by atoms with Gasteiger partial charge in [-0.15, -0.1) is 0 Å². The Morgan fingerprint density at radius 3 is 2.56 bits per heavy atom. The van der Waals surface area contributed by atoms with Crippen LogP contribution in [0.5, 0.6) is 0 Å². The Morgan fingerprint density at radius 1 is 1.25 bits per heavy atom. The molecule has 0 aromatic heterocycles. The van der Waals surface area contributed by atoms with E-state index in [0.717, 1.165) is 15.6 Å². The molecule has 0 saturated heterocycles. The summed E-state index contributed by atoms with van der Waals surface area (Å²) >= 11 is 3.38. The van der Waals surface area contributed by atoms with Gasteiger partial charge in [-0.25, -0.2) is 0 Å². The smallest absolute Gasteiger partial charge is 0.313 e. The monoisotopic (exact) mass is 275 g/mol. The van der Waals surface area contributed by atoms with Gasteiger partial charge in [-0.3, -0.25) is 0 Å². The van der Waals surface area contributed by atoms with E-state index in [1.807, 2.05) is 36.4 Å². The van der Waals surface area contributed by atoms with Gasteiger partial charge in [0.2, 0.25) is 0 Å². The Labute approximate surface area is 102 Å². The maximum absolute atomic E-state index is 8.79. The number of rotatable bonds is 1. The zero-order valence-electron chi connectivity index (χ0n) is 8.47. The van der Waals surface area contributed by atoms with Crippen LogP contribution < -0.4 is 5.73 Å². The number of benzene rings is 1. The van der Waals surface area contributed by atoms with Crippen LogP contribution in [0.4, 0.5) is 0 Å². The highest BCUT2D eigenvalue weighted by molar-refractivity contribution is 9.10. The lowest BCUT2D eigenvalue weighted by molar-refractivity contribution is -0.00640. The molecular formula is C12H10BrN3. The fourth-order valence-electron chi connectivity index (χ4n) is 1.63. The lowest BCUT2D eigenvalue weighted by atomic mass is 9.92. The maximum atomic E-state index is 8.79. The Hall–Kier alpha value is -1.48. The second-order valence-electron chi connectivity index (χ2n) is 3.49. The second kappa shape index (κ2) is 4.58. The van der Waals surface area contributed by atoms with Crippen LogP contribution in [-0.4, -0.2) is 16.5 Å². The predicted molar refractivity (Wildman–Crippen MR) is 67.9 cm³/mol. The highest BCUT2D eigenvalue weighted by atomic mass is 79.9. The van der Waals surface area contributed by atoms with Gasteiger partial charge in [0, 0.05) is 10.5 Å². The molecule has 16 heavy (non-hydrogen) atoms. The molecule has 0 bridgehead atoms. The molecule has 2 N–H and O–H groups in total. The van der Waals surface area contributed by atoms with Crippen LogP contribution in [0.15, 0.2) is 47.0 Å². The highest BCUT2D eigenvalue weighted by Crippen LogP contribution is 2.22. The largest absolute Gasteiger partial charge is 0.361 e. The highest BCUT2D eigenvalue weighted by Gasteiger charge is 2.24. The van der Waals surface area contributed by atoms with Crippen molar-refractivity contribution >= 4 is 27.2 Å². The summed E-state index contributed by atoms with van der Waals surface area (Å²) in [5.41, 5.74) is 17.2. The molecule has 4 heteroatoms. The first-order valence-corrected chi connectivity index (χ1v) is 5.63. The Balaban J connectivity index is 2.41. The summed E-state index contributed by atoms with van der Waals surface area (Å²) in [7, 11) is 0. The molecule has 1 atom stereocenters. The van der Waals surface area contributed by atoms with E-state index in [9.17, 15) is 0 Å². The third-order valence-electron chi connectivity index (χ3n) is 2.49. The second-order valence-corrected chi connectivity index (χ2v) is 4.41. The van der Waals surface area contributed by atoms with E-state index >= 15 is 0 Å². The molecule has 0 heterocycles. The fraction of sp³-hybridized carbons (Fsp3) is 0.0833. The number of nitrogens with two attached hydrogens (primary N) is 1. The van der Waals surface area contributed by atoms with E-state index in [1.165, 1.54) is 0 Å². The quantitative estimate of drug-likeness (QED) is 0.621. The molecule has 1 aromatic carbocycles. The van der Waals surface area contributed by atoms with Gasteiger partial charge >= 0.3 is 5.71 Å². The molecule has 0 radical (unpaired) electrons. The molecule has 0 saturated carbocycles. The van der Waals surface area contributed by atoms with Crippen molar-refractivity contribution in [2.45, 2.75) is 6.04 Å². The predicted octanol–water partition coefficient (Wildman–Crippen LogP) is 2.40. The van der Waals surface area contributed by atoms with Gasteiger partial charge in [0.25, 0.3) is 0 Å². The first-order chi connectivity index (χ1) is 7.72. The summed E-state index contributed by atoms with van der Waals surface area (Å²) < 4.78 is 1.02. The Kier molecular flexibility index (Phi) is 3.15. The topological polar surface area (TPSA) is 62.4 Å². The van der Waals surface area contributed by atoms with Crippen molar-refractivity contribution in [3.05, 3.63) is 58.1 Å². The van der Waals surface area contributed by atoms with Crippen LogP contribution in [0.25, 0.3) is 11.1 Å². The van der Waals surface area contributed by atoms with E-state index in [2.05, 4.69) is 20.7 Å². The number of halogens is 1. The minimum absolute atomic E-state index is 0.379. The van der Waals surface area contributed by atoms with Gasteiger partial charge in [0.05, 0.1) is 0 Å². The number of hydrogen-bond acceptors (Lipinski definition) is 1. The average molecular weight is 276 g/mol. The van der Waals surface area contributed by atoms with E-state index in [4.69, 9.17) is 11.3 Å². The Bertz CT molecular complexity index is 508. The van der Waals surface area contributed by atoms with Gasteiger partial charge in [-0.1, -0.05) is 40.2 Å². The van der Waals surface area contributed by atoms with Crippen molar-refractivity contribution in [3.8, 4) is 0 Å². The van der Waals surface area contributed by atoms with E-state index in [0.29, 0.717) is 5.71 Å². The third kappa shape index (κ3) is 2.04. The molecule has 0 spiro atoms. The molecule has 3 nitrogen and oxygen atoms in total. The zero-order chi connectivity index (χ0) is 11.5. The van der Waals surface area contributed by atoms with Crippen molar-refractivity contribution < 1.29 is 4.79 Å². The summed E-state index contributed by atoms with van der Waals surface area (Å²) in [5, 5.41) is 0. The van der Waals surface area contributed by atoms with E-state index in [1.54, 1.807) is 6.08 Å². The van der Waals surface area contributed by atoms with Crippen molar-refractivity contribution in [2.75, 3.05) is 0 Å². The SMILES string of the molecule is [N-]=[N+]=C1C=CC=C(c2ccc(Br)cc2)C1N. The minimum Gasteiger partial charge on any atom is -0.361 e. The van der Waals surface area contributed by atoms with Gasteiger partial charge in [0.15, 0.2) is 0 Å². The van der Waals surface area contributed by atoms with Crippen molar-refractivity contribution in [2.24, 2.45) is 5.73 Å². The summed E-state index contributed by atoms with van der Waals surface area (Å²) in [6, 6.07) is 7.48. The average Bonchev–Trinajstić information content (AvgIpc) is 2.31. The molecule has 1 aliphatic rings. The lowest BCUT2D eigenvalue weighted by Gasteiger charge is -2.13. The lowest BCUT2D eigenvalue weighted by Crippen LogP contribution is -2.32. The molecule has 2 rings (SSSR count). The maximum Gasteiger partial charge on any atom is 0.313 e. The van der Waals surface area contributed by atoms with Gasteiger partial charge in [-0.2, -0.15) is 4.79 Å². The summed E-state index contributed by atoms with van der Waals surface area (Å²) in [6.07, 6.45) is 5.46. The van der Waals surface area contributed by atoms with Gasteiger partial charge < -0.3 is 11.3 Å². The normalized spacial score (nSPS) is 19.2. The summed E-state index contributed by atoms with van der Waals surface area (Å²) in [5.74, 6) is 0. The first kappa shape index (κ1) is 11.0. The molecule has 80 valence electrons. The molecule has 1 aromatic rings. The van der Waals surface area contributed by atoms with Crippen LogP contribution >= 0.6 is 15.9 Å². The van der Waals surface area contributed by atoms with Crippen LogP contribution in [0.3, 0.4) is 0 Å². The minimum atomic E-state index is -0.379. The fourth-order valence-corrected chi connectivity index (χ4v) is 1.90. The molecule has 0 amide bonds. The van der Waals surface area contributed by atoms with Gasteiger partial charge in [0.1, 0.15) is 6.04 Å². The third-order valence-corrected chi connectivity index (χ3v) is 3.02. The van der Waals surface area contributed by atoms with Crippen LogP contribution in [0, 0.1) is 0 Å². The van der Waals surface area contributed by atoms with E-state index < -0.39 is 0 Å². The van der Waals surface area contributed by atoms with E-state index in [-0.39, 0.29) is 6.04 Å².